The first-order chi connectivity index (χ1) is 5.24. The maximum absolute atomic E-state index is 9.29. The van der Waals surface area contributed by atoms with Crippen LogP contribution < -0.4 is 0 Å². The normalized spacial score (nSPS) is 13.0. The Morgan fingerprint density at radius 1 is 1.36 bits per heavy atom. The minimum atomic E-state index is -0.534. The first-order valence-corrected chi connectivity index (χ1v) is 4.85. The molecule has 0 radical (unpaired) electrons. The molecule has 1 rings (SSSR count). The Kier molecular flexibility index (Phi) is 3.62. The highest BCUT2D eigenvalue weighted by Gasteiger charge is 2.03. The van der Waals surface area contributed by atoms with Crippen LogP contribution in [0.4, 0.5) is 0 Å². The van der Waals surface area contributed by atoms with Crippen molar-refractivity contribution in [2.24, 2.45) is 0 Å². The molecule has 0 aliphatic heterocycles. The molecule has 11 heavy (non-hydrogen) atoms. The number of rotatable bonds is 2. The summed E-state index contributed by atoms with van der Waals surface area (Å²) in [6, 6.07) is 7.67. The van der Waals surface area contributed by atoms with Gasteiger partial charge in [0.2, 0.25) is 0 Å². The van der Waals surface area contributed by atoms with Crippen molar-refractivity contribution >= 4 is 34.2 Å². The fourth-order valence-corrected chi connectivity index (χ4v) is 1.31. The molecule has 60 valence electrons. The number of halogens is 2. The Bertz CT molecular complexity index is 222. The summed E-state index contributed by atoms with van der Waals surface area (Å²) in [6.07, 6.45) is -0.534. The second-order valence-corrected chi connectivity index (χ2v) is 3.78. The zero-order chi connectivity index (χ0) is 8.27. The van der Waals surface area contributed by atoms with Crippen molar-refractivity contribution in [1.82, 2.24) is 0 Å². The van der Waals surface area contributed by atoms with Crippen LogP contribution in [0.1, 0.15) is 11.7 Å². The van der Waals surface area contributed by atoms with Crippen molar-refractivity contribution in [3.8, 4) is 0 Å². The van der Waals surface area contributed by atoms with E-state index in [0.717, 1.165) is 9.13 Å². The fourth-order valence-electron chi connectivity index (χ4n) is 0.774. The molecule has 0 fully saturated rings. The van der Waals surface area contributed by atoms with Crippen LogP contribution >= 0.6 is 34.2 Å². The molecule has 3 heteroatoms. The van der Waals surface area contributed by atoms with Crippen LogP contribution in [0.5, 0.6) is 0 Å². The van der Waals surface area contributed by atoms with Gasteiger partial charge in [-0.1, -0.05) is 12.1 Å². The average molecular weight is 283 g/mol. The second kappa shape index (κ2) is 4.28. The number of benzene rings is 1. The second-order valence-electron chi connectivity index (χ2n) is 2.22. The van der Waals surface area contributed by atoms with E-state index in [1.807, 2.05) is 24.3 Å². The Balaban J connectivity index is 2.81. The van der Waals surface area contributed by atoms with Gasteiger partial charge in [-0.05, 0) is 40.3 Å². The third kappa shape index (κ3) is 2.61. The van der Waals surface area contributed by atoms with E-state index >= 15 is 0 Å². The van der Waals surface area contributed by atoms with Gasteiger partial charge in [-0.3, -0.25) is 0 Å². The molecule has 0 spiro atoms. The van der Waals surface area contributed by atoms with Crippen LogP contribution in [-0.2, 0) is 0 Å². The lowest BCUT2D eigenvalue weighted by Gasteiger charge is -2.05. The van der Waals surface area contributed by atoms with Crippen molar-refractivity contribution in [2.45, 2.75) is 6.10 Å². The highest BCUT2D eigenvalue weighted by atomic mass is 127. The molecule has 0 unspecified atom stereocenters. The van der Waals surface area contributed by atoms with Crippen LogP contribution in [-0.4, -0.2) is 11.0 Å². The first kappa shape index (κ1) is 9.29. The topological polar surface area (TPSA) is 20.2 Å². The quantitative estimate of drug-likeness (QED) is 0.653. The number of alkyl halides is 1. The molecule has 0 saturated carbocycles. The third-order valence-corrected chi connectivity index (χ3v) is 2.41. The summed E-state index contributed by atoms with van der Waals surface area (Å²) in [5.41, 5.74) is 0.875. The van der Waals surface area contributed by atoms with Gasteiger partial charge in [-0.15, -0.1) is 11.6 Å². The molecule has 1 N–H and O–H groups in total. The number of aliphatic hydroxyl groups excluding tert-OH is 1. The zero-order valence-electron chi connectivity index (χ0n) is 5.80. The van der Waals surface area contributed by atoms with Gasteiger partial charge < -0.3 is 5.11 Å². The minimum Gasteiger partial charge on any atom is -0.387 e. The molecule has 0 bridgehead atoms. The average Bonchev–Trinajstić information content (AvgIpc) is 2.05. The van der Waals surface area contributed by atoms with E-state index in [4.69, 9.17) is 11.6 Å². The van der Waals surface area contributed by atoms with Gasteiger partial charge in [0.25, 0.3) is 0 Å². The Morgan fingerprint density at radius 3 is 2.36 bits per heavy atom. The summed E-state index contributed by atoms with van der Waals surface area (Å²) in [4.78, 5) is 0. The fraction of sp³-hybridized carbons (Fsp3) is 0.250. The van der Waals surface area contributed by atoms with E-state index in [1.165, 1.54) is 0 Å². The van der Waals surface area contributed by atoms with Crippen molar-refractivity contribution in [3.05, 3.63) is 33.4 Å². The van der Waals surface area contributed by atoms with E-state index in [9.17, 15) is 5.11 Å². The van der Waals surface area contributed by atoms with Gasteiger partial charge in [0.15, 0.2) is 0 Å². The molecule has 0 heterocycles. The van der Waals surface area contributed by atoms with Crippen molar-refractivity contribution in [2.75, 3.05) is 5.88 Å². The van der Waals surface area contributed by atoms with E-state index < -0.39 is 6.10 Å². The standard InChI is InChI=1S/C8H8ClIO/c9-5-8(11)6-1-3-7(10)4-2-6/h1-4,8,11H,5H2/t8-/m1/s1. The summed E-state index contributed by atoms with van der Waals surface area (Å²) in [5, 5.41) is 9.29. The Morgan fingerprint density at radius 2 is 1.91 bits per heavy atom. The van der Waals surface area contributed by atoms with Gasteiger partial charge in [0, 0.05) is 3.57 Å². The SMILES string of the molecule is O[C@H](CCl)c1ccc(I)cc1. The van der Waals surface area contributed by atoms with Crippen LogP contribution in [0.3, 0.4) is 0 Å². The summed E-state index contributed by atoms with van der Waals surface area (Å²) < 4.78 is 1.16. The lowest BCUT2D eigenvalue weighted by molar-refractivity contribution is 0.202. The summed E-state index contributed by atoms with van der Waals surface area (Å²) in [5.74, 6) is 0.251. The lowest BCUT2D eigenvalue weighted by atomic mass is 10.1. The molecule has 0 aromatic heterocycles. The summed E-state index contributed by atoms with van der Waals surface area (Å²) >= 11 is 7.69. The highest BCUT2D eigenvalue weighted by Crippen LogP contribution is 2.15. The van der Waals surface area contributed by atoms with Gasteiger partial charge >= 0.3 is 0 Å². The van der Waals surface area contributed by atoms with Crippen molar-refractivity contribution in [1.29, 1.82) is 0 Å². The number of hydrogen-bond acceptors (Lipinski definition) is 1. The van der Waals surface area contributed by atoms with Crippen LogP contribution in [0.2, 0.25) is 0 Å². The van der Waals surface area contributed by atoms with Gasteiger partial charge in [0.05, 0.1) is 12.0 Å². The predicted octanol–water partition coefficient (Wildman–Crippen LogP) is 2.56. The highest BCUT2D eigenvalue weighted by molar-refractivity contribution is 14.1. The largest absolute Gasteiger partial charge is 0.387 e. The van der Waals surface area contributed by atoms with E-state index in [2.05, 4.69) is 22.6 Å². The predicted molar refractivity (Wildman–Crippen MR) is 54.8 cm³/mol. The zero-order valence-corrected chi connectivity index (χ0v) is 8.71. The Labute approximate surface area is 84.5 Å². The molecule has 1 aromatic carbocycles. The number of aliphatic hydroxyl groups is 1. The van der Waals surface area contributed by atoms with Crippen LogP contribution in [0, 0.1) is 3.57 Å². The molecular weight excluding hydrogens is 274 g/mol. The summed E-state index contributed by atoms with van der Waals surface area (Å²) in [7, 11) is 0. The minimum absolute atomic E-state index is 0.251. The smallest absolute Gasteiger partial charge is 0.0925 e. The molecular formula is C8H8ClIO. The monoisotopic (exact) mass is 282 g/mol. The summed E-state index contributed by atoms with van der Waals surface area (Å²) in [6.45, 7) is 0. The maximum Gasteiger partial charge on any atom is 0.0925 e. The van der Waals surface area contributed by atoms with Crippen LogP contribution in [0.25, 0.3) is 0 Å². The van der Waals surface area contributed by atoms with E-state index in [1.54, 1.807) is 0 Å². The lowest BCUT2D eigenvalue weighted by Crippen LogP contribution is -1.97. The molecule has 0 aliphatic rings. The number of hydrogen-bond donors (Lipinski definition) is 1. The van der Waals surface area contributed by atoms with Crippen LogP contribution in [0.15, 0.2) is 24.3 Å². The molecule has 0 aliphatic carbocycles. The molecule has 0 amide bonds. The Hall–Kier alpha value is 0.200. The molecule has 1 aromatic rings. The van der Waals surface area contributed by atoms with Crippen molar-refractivity contribution < 1.29 is 5.11 Å². The van der Waals surface area contributed by atoms with Gasteiger partial charge in [-0.2, -0.15) is 0 Å². The maximum atomic E-state index is 9.29. The first-order valence-electron chi connectivity index (χ1n) is 3.23. The molecule has 0 saturated heterocycles. The third-order valence-electron chi connectivity index (χ3n) is 1.40. The van der Waals surface area contributed by atoms with E-state index in [0.29, 0.717) is 0 Å². The molecule has 1 nitrogen and oxygen atoms in total. The molecule has 1 atom stereocenters. The van der Waals surface area contributed by atoms with E-state index in [-0.39, 0.29) is 5.88 Å². The van der Waals surface area contributed by atoms with Crippen molar-refractivity contribution in [3.63, 3.8) is 0 Å². The van der Waals surface area contributed by atoms with Gasteiger partial charge in [-0.25, -0.2) is 0 Å². The van der Waals surface area contributed by atoms with Gasteiger partial charge in [0.1, 0.15) is 0 Å².